The zero-order chi connectivity index (χ0) is 19.8. The van der Waals surface area contributed by atoms with Crippen molar-refractivity contribution in [1.29, 1.82) is 0 Å². The van der Waals surface area contributed by atoms with Crippen molar-refractivity contribution in [3.63, 3.8) is 0 Å². The van der Waals surface area contributed by atoms with Gasteiger partial charge in [0.2, 0.25) is 0 Å². The monoisotopic (exact) mass is 400 g/mol. The number of nitrogens with one attached hydrogen (secondary N) is 2. The van der Waals surface area contributed by atoms with Crippen molar-refractivity contribution < 1.29 is 18.4 Å². The van der Waals surface area contributed by atoms with Gasteiger partial charge < -0.3 is 10.6 Å². The number of benzene rings is 1. The smallest absolute Gasteiger partial charge is 0.254 e. The summed E-state index contributed by atoms with van der Waals surface area (Å²) in [5.41, 5.74) is 2.63. The van der Waals surface area contributed by atoms with Crippen LogP contribution in [0.15, 0.2) is 57.6 Å². The number of hydrogen-bond donors (Lipinski definition) is 2. The van der Waals surface area contributed by atoms with E-state index in [2.05, 4.69) is 10.6 Å². The molecule has 4 rings (SSSR count). The van der Waals surface area contributed by atoms with Crippen molar-refractivity contribution in [1.82, 2.24) is 5.32 Å². The minimum atomic E-state index is -0.851. The van der Waals surface area contributed by atoms with Gasteiger partial charge in [-0.05, 0) is 54.3 Å². The fourth-order valence-electron chi connectivity index (χ4n) is 3.85. The van der Waals surface area contributed by atoms with Crippen LogP contribution in [0.25, 0.3) is 0 Å². The Labute approximate surface area is 165 Å². The Hall–Kier alpha value is -2.80. The van der Waals surface area contributed by atoms with Gasteiger partial charge in [-0.3, -0.25) is 9.59 Å². The number of anilines is 1. The Morgan fingerprint density at radius 2 is 1.96 bits per heavy atom. The lowest BCUT2D eigenvalue weighted by molar-refractivity contribution is -0.116. The van der Waals surface area contributed by atoms with Gasteiger partial charge in [0.25, 0.3) is 5.91 Å². The zero-order valence-electron chi connectivity index (χ0n) is 15.1. The summed E-state index contributed by atoms with van der Waals surface area (Å²) in [4.78, 5) is 25.8. The second-order valence-corrected chi connectivity index (χ2v) is 7.65. The molecule has 0 bridgehead atoms. The first-order valence-electron chi connectivity index (χ1n) is 8.99. The van der Waals surface area contributed by atoms with Crippen LogP contribution in [0.4, 0.5) is 14.5 Å². The van der Waals surface area contributed by atoms with Gasteiger partial charge in [0.05, 0.1) is 0 Å². The van der Waals surface area contributed by atoms with Crippen LogP contribution in [0.3, 0.4) is 0 Å². The fraction of sp³-hybridized carbons (Fsp3) is 0.238. The summed E-state index contributed by atoms with van der Waals surface area (Å²) in [7, 11) is 0. The van der Waals surface area contributed by atoms with Crippen molar-refractivity contribution in [2.45, 2.75) is 32.1 Å². The zero-order valence-corrected chi connectivity index (χ0v) is 16.0. The molecule has 0 fully saturated rings. The van der Waals surface area contributed by atoms with E-state index in [-0.39, 0.29) is 5.78 Å². The van der Waals surface area contributed by atoms with Gasteiger partial charge in [0.15, 0.2) is 5.78 Å². The number of halogens is 2. The van der Waals surface area contributed by atoms with Crippen LogP contribution in [0.5, 0.6) is 0 Å². The van der Waals surface area contributed by atoms with E-state index in [1.807, 2.05) is 16.8 Å². The van der Waals surface area contributed by atoms with Crippen LogP contribution in [-0.4, -0.2) is 11.7 Å². The maximum atomic E-state index is 14.0. The molecule has 2 aliphatic rings. The summed E-state index contributed by atoms with van der Waals surface area (Å²) in [5.74, 6) is -2.88. The minimum Gasteiger partial charge on any atom is -0.362 e. The lowest BCUT2D eigenvalue weighted by Gasteiger charge is -2.34. The number of carbonyl (C=O) groups excluding carboxylic acids is 2. The highest BCUT2D eigenvalue weighted by Gasteiger charge is 2.38. The normalized spacial score (nSPS) is 19.4. The van der Waals surface area contributed by atoms with Crippen LogP contribution >= 0.6 is 11.3 Å². The van der Waals surface area contributed by atoms with Crippen LogP contribution < -0.4 is 10.6 Å². The molecular formula is C21H18F2N2O2S. The molecule has 1 amide bonds. The topological polar surface area (TPSA) is 58.2 Å². The summed E-state index contributed by atoms with van der Waals surface area (Å²) in [6.45, 7) is 1.74. The van der Waals surface area contributed by atoms with E-state index in [1.165, 1.54) is 17.4 Å². The molecule has 0 radical (unpaired) electrons. The first-order chi connectivity index (χ1) is 13.5. The molecule has 2 aromatic rings. The summed E-state index contributed by atoms with van der Waals surface area (Å²) >= 11 is 1.47. The number of rotatable bonds is 3. The second-order valence-electron chi connectivity index (χ2n) is 6.87. The number of allylic oxidation sites excluding steroid dienone is 3. The number of thiophene rings is 1. The van der Waals surface area contributed by atoms with E-state index < -0.39 is 29.1 Å². The molecule has 7 heteroatoms. The molecule has 0 saturated carbocycles. The van der Waals surface area contributed by atoms with E-state index in [9.17, 15) is 18.4 Å². The molecule has 1 atom stereocenters. The summed E-state index contributed by atoms with van der Waals surface area (Å²) in [5, 5.41) is 9.32. The number of para-hydroxylation sites is 1. The van der Waals surface area contributed by atoms with Crippen molar-refractivity contribution in [2.24, 2.45) is 0 Å². The number of carbonyl (C=O) groups is 2. The molecular weight excluding hydrogens is 382 g/mol. The Balaban J connectivity index is 1.78. The highest BCUT2D eigenvalue weighted by molar-refractivity contribution is 7.08. The van der Waals surface area contributed by atoms with Gasteiger partial charge in [0, 0.05) is 34.9 Å². The molecule has 1 aliphatic carbocycles. The van der Waals surface area contributed by atoms with Gasteiger partial charge in [-0.2, -0.15) is 11.3 Å². The molecule has 28 heavy (non-hydrogen) atoms. The Kier molecular flexibility index (Phi) is 4.85. The van der Waals surface area contributed by atoms with Crippen molar-refractivity contribution in [3.8, 4) is 0 Å². The molecule has 2 heterocycles. The number of hydrogen-bond acceptors (Lipinski definition) is 4. The van der Waals surface area contributed by atoms with Crippen LogP contribution in [0, 0.1) is 11.6 Å². The van der Waals surface area contributed by atoms with E-state index in [0.29, 0.717) is 23.3 Å². The molecule has 1 aromatic heterocycles. The van der Waals surface area contributed by atoms with Crippen LogP contribution in [0.2, 0.25) is 0 Å². The first kappa shape index (κ1) is 18.6. The van der Waals surface area contributed by atoms with E-state index in [4.69, 9.17) is 0 Å². The molecule has 1 unspecified atom stereocenters. The minimum absolute atomic E-state index is 0.000165. The highest BCUT2D eigenvalue weighted by atomic mass is 32.1. The summed E-state index contributed by atoms with van der Waals surface area (Å²) in [6, 6.07) is 5.28. The van der Waals surface area contributed by atoms with Gasteiger partial charge in [-0.25, -0.2) is 8.78 Å². The third kappa shape index (κ3) is 3.16. The van der Waals surface area contributed by atoms with Gasteiger partial charge in [0.1, 0.15) is 17.3 Å². The van der Waals surface area contributed by atoms with Gasteiger partial charge >= 0.3 is 0 Å². The average molecular weight is 400 g/mol. The van der Waals surface area contributed by atoms with Crippen molar-refractivity contribution in [3.05, 3.63) is 74.8 Å². The Bertz CT molecular complexity index is 1000. The fourth-order valence-corrected chi connectivity index (χ4v) is 4.54. The summed E-state index contributed by atoms with van der Waals surface area (Å²) in [6.07, 6.45) is 1.92. The highest BCUT2D eigenvalue weighted by Crippen LogP contribution is 2.43. The molecule has 4 nitrogen and oxygen atoms in total. The number of Topliss-reactive ketones (excluding diaryl/α,β-unsaturated/α-hetero) is 1. The maximum absolute atomic E-state index is 14.0. The SMILES string of the molecule is CC1=C(C(=O)Nc2c(F)cccc2F)C(c2ccsc2)C2=C(CCCC2=O)N1. The number of amides is 1. The third-order valence-corrected chi connectivity index (χ3v) is 5.80. The molecule has 1 aromatic carbocycles. The molecule has 0 spiro atoms. The molecule has 2 N–H and O–H groups in total. The predicted molar refractivity (Wildman–Crippen MR) is 104 cm³/mol. The van der Waals surface area contributed by atoms with Gasteiger partial charge in [-0.1, -0.05) is 6.07 Å². The first-order valence-corrected chi connectivity index (χ1v) is 9.93. The van der Waals surface area contributed by atoms with E-state index >= 15 is 0 Å². The molecule has 1 aliphatic heterocycles. The Morgan fingerprint density at radius 1 is 1.21 bits per heavy atom. The standard InChI is InChI=1S/C21H18F2N2O2S/c1-11-17(21(27)25-20-13(22)4-2-5-14(20)23)18(12-8-9-28-10-12)19-15(24-11)6-3-7-16(19)26/h2,4-5,8-10,18,24H,3,6-7H2,1H3,(H,25,27). The van der Waals surface area contributed by atoms with Crippen LogP contribution in [-0.2, 0) is 9.59 Å². The van der Waals surface area contributed by atoms with Crippen molar-refractivity contribution >= 4 is 28.7 Å². The van der Waals surface area contributed by atoms with Crippen molar-refractivity contribution in [2.75, 3.05) is 5.32 Å². The molecule has 144 valence electrons. The summed E-state index contributed by atoms with van der Waals surface area (Å²) < 4.78 is 28.1. The molecule has 0 saturated heterocycles. The lowest BCUT2D eigenvalue weighted by Crippen LogP contribution is -2.35. The Morgan fingerprint density at radius 3 is 2.64 bits per heavy atom. The van der Waals surface area contributed by atoms with Crippen LogP contribution in [0.1, 0.15) is 37.7 Å². The number of dihydropyridines is 1. The maximum Gasteiger partial charge on any atom is 0.254 e. The lowest BCUT2D eigenvalue weighted by atomic mass is 9.75. The third-order valence-electron chi connectivity index (χ3n) is 5.10. The second kappa shape index (κ2) is 7.31. The predicted octanol–water partition coefficient (Wildman–Crippen LogP) is 4.63. The van der Waals surface area contributed by atoms with E-state index in [0.717, 1.165) is 36.2 Å². The number of ketones is 1. The largest absolute Gasteiger partial charge is 0.362 e. The quantitative estimate of drug-likeness (QED) is 0.790. The average Bonchev–Trinajstić information content (AvgIpc) is 3.18. The van der Waals surface area contributed by atoms with Gasteiger partial charge in [-0.15, -0.1) is 0 Å². The van der Waals surface area contributed by atoms with E-state index in [1.54, 1.807) is 6.92 Å².